The predicted molar refractivity (Wildman–Crippen MR) is 135 cm³/mol. The first-order chi connectivity index (χ1) is 16.5. The van der Waals surface area contributed by atoms with E-state index in [0.717, 1.165) is 61.1 Å². The number of aryl methyl sites for hydroxylation is 3. The van der Waals surface area contributed by atoms with Crippen molar-refractivity contribution in [2.24, 2.45) is 5.92 Å². The Morgan fingerprint density at radius 1 is 0.706 bits per heavy atom. The van der Waals surface area contributed by atoms with Gasteiger partial charge in [-0.05, 0) is 90.7 Å². The molecule has 0 N–H and O–H groups in total. The first kappa shape index (κ1) is 24.6. The minimum absolute atomic E-state index is 0.135. The Bertz CT molecular complexity index is 1090. The second-order valence-corrected chi connectivity index (χ2v) is 9.83. The topological polar surface area (TPSA) is 0 Å². The van der Waals surface area contributed by atoms with E-state index in [-0.39, 0.29) is 11.7 Å². The summed E-state index contributed by atoms with van der Waals surface area (Å²) in [6.45, 7) is 4.29. The van der Waals surface area contributed by atoms with Crippen LogP contribution in [0.5, 0.6) is 0 Å². The number of hydrogen-bond acceptors (Lipinski definition) is 0. The van der Waals surface area contributed by atoms with Gasteiger partial charge in [-0.3, -0.25) is 0 Å². The van der Waals surface area contributed by atoms with Crippen molar-refractivity contribution in [3.8, 4) is 11.1 Å². The van der Waals surface area contributed by atoms with Crippen LogP contribution >= 0.6 is 0 Å². The number of halogens is 3. The van der Waals surface area contributed by atoms with Gasteiger partial charge >= 0.3 is 0 Å². The van der Waals surface area contributed by atoms with Crippen molar-refractivity contribution in [2.75, 3.05) is 0 Å². The summed E-state index contributed by atoms with van der Waals surface area (Å²) in [7, 11) is 0. The minimum atomic E-state index is -0.694. The van der Waals surface area contributed by atoms with Crippen molar-refractivity contribution < 1.29 is 13.2 Å². The van der Waals surface area contributed by atoms with E-state index in [1.165, 1.54) is 6.42 Å². The molecule has 1 aliphatic rings. The monoisotopic (exact) mass is 464 g/mol. The summed E-state index contributed by atoms with van der Waals surface area (Å²) in [6.07, 6.45) is 8.17. The van der Waals surface area contributed by atoms with Gasteiger partial charge in [-0.1, -0.05) is 75.2 Å². The van der Waals surface area contributed by atoms with Gasteiger partial charge < -0.3 is 0 Å². The van der Waals surface area contributed by atoms with Crippen molar-refractivity contribution in [2.45, 2.75) is 77.6 Å². The molecule has 0 heterocycles. The van der Waals surface area contributed by atoms with Gasteiger partial charge in [0.2, 0.25) is 0 Å². The van der Waals surface area contributed by atoms with E-state index in [9.17, 15) is 13.2 Å². The van der Waals surface area contributed by atoms with Crippen LogP contribution in [0.4, 0.5) is 13.2 Å². The summed E-state index contributed by atoms with van der Waals surface area (Å²) in [5.41, 5.74) is 4.41. The van der Waals surface area contributed by atoms with Crippen LogP contribution in [-0.4, -0.2) is 0 Å². The quantitative estimate of drug-likeness (QED) is 0.312. The summed E-state index contributed by atoms with van der Waals surface area (Å²) < 4.78 is 44.3. The van der Waals surface area contributed by atoms with Crippen LogP contribution in [0.15, 0.2) is 54.6 Å². The molecule has 4 rings (SSSR count). The van der Waals surface area contributed by atoms with Crippen LogP contribution < -0.4 is 0 Å². The fraction of sp³-hybridized carbons (Fsp3) is 0.419. The first-order valence-corrected chi connectivity index (χ1v) is 12.8. The average molecular weight is 465 g/mol. The van der Waals surface area contributed by atoms with Gasteiger partial charge in [0.05, 0.1) is 0 Å². The molecule has 3 aromatic rings. The molecular weight excluding hydrogens is 429 g/mol. The zero-order valence-electron chi connectivity index (χ0n) is 20.3. The summed E-state index contributed by atoms with van der Waals surface area (Å²) in [5.74, 6) is -0.697. The molecule has 0 nitrogen and oxygen atoms in total. The fourth-order valence-electron chi connectivity index (χ4n) is 5.36. The van der Waals surface area contributed by atoms with E-state index >= 15 is 0 Å². The van der Waals surface area contributed by atoms with E-state index in [1.54, 1.807) is 18.2 Å². The van der Waals surface area contributed by atoms with Crippen molar-refractivity contribution in [1.82, 2.24) is 0 Å². The molecule has 0 unspecified atom stereocenters. The molecule has 3 heteroatoms. The number of benzene rings is 3. The number of rotatable bonds is 8. The molecule has 0 spiro atoms. The maximum absolute atomic E-state index is 14.9. The molecule has 180 valence electrons. The van der Waals surface area contributed by atoms with Crippen LogP contribution in [-0.2, 0) is 19.3 Å². The Balaban J connectivity index is 1.40. The molecule has 1 aliphatic carbocycles. The van der Waals surface area contributed by atoms with Crippen LogP contribution in [0, 0.1) is 23.4 Å². The molecule has 0 bridgehead atoms. The maximum Gasteiger partial charge on any atom is 0.162 e. The van der Waals surface area contributed by atoms with Gasteiger partial charge in [-0.2, -0.15) is 0 Å². The van der Waals surface area contributed by atoms with Gasteiger partial charge in [0.25, 0.3) is 0 Å². The lowest BCUT2D eigenvalue weighted by molar-refractivity contribution is 0.312. The van der Waals surface area contributed by atoms with E-state index in [0.29, 0.717) is 29.5 Å². The molecular formula is C31H35F3. The Morgan fingerprint density at radius 2 is 1.41 bits per heavy atom. The zero-order chi connectivity index (χ0) is 24.1. The highest BCUT2D eigenvalue weighted by molar-refractivity contribution is 5.64. The van der Waals surface area contributed by atoms with Crippen LogP contribution in [0.1, 0.15) is 80.5 Å². The van der Waals surface area contributed by atoms with Gasteiger partial charge in [0, 0.05) is 5.56 Å². The van der Waals surface area contributed by atoms with Crippen molar-refractivity contribution >= 4 is 0 Å². The van der Waals surface area contributed by atoms with Crippen LogP contribution in [0.3, 0.4) is 0 Å². The number of hydrogen-bond donors (Lipinski definition) is 0. The second-order valence-electron chi connectivity index (χ2n) is 9.83. The van der Waals surface area contributed by atoms with Crippen molar-refractivity contribution in [3.05, 3.63) is 94.3 Å². The summed E-state index contributed by atoms with van der Waals surface area (Å²) in [5, 5.41) is 0. The molecule has 34 heavy (non-hydrogen) atoms. The van der Waals surface area contributed by atoms with Gasteiger partial charge in [0.15, 0.2) is 11.6 Å². The summed E-state index contributed by atoms with van der Waals surface area (Å²) in [6, 6.07) is 16.7. The summed E-state index contributed by atoms with van der Waals surface area (Å²) >= 11 is 0. The Morgan fingerprint density at radius 3 is 2.06 bits per heavy atom. The molecule has 0 amide bonds. The second kappa shape index (κ2) is 11.3. The third-order valence-electron chi connectivity index (χ3n) is 7.58. The van der Waals surface area contributed by atoms with E-state index in [2.05, 4.69) is 13.8 Å². The first-order valence-electron chi connectivity index (χ1n) is 12.8. The Labute approximate surface area is 202 Å². The van der Waals surface area contributed by atoms with E-state index < -0.39 is 11.6 Å². The SMILES string of the molecule is CCCc1ccc(-c2ccc(CCc3ccc(C4CCC(CC)CC4)c(F)c3F)cc2)c(F)c1. The Kier molecular flexibility index (Phi) is 8.13. The van der Waals surface area contributed by atoms with Gasteiger partial charge in [0.1, 0.15) is 5.82 Å². The van der Waals surface area contributed by atoms with Crippen LogP contribution in [0.25, 0.3) is 11.1 Å². The standard InChI is InChI=1S/C31H35F3/c1-3-5-23-11-18-27(29(32)20-23)24-14-8-22(9-15-24)10-16-26-17-19-28(31(34)30(26)33)25-12-6-21(4-2)7-13-25/h8-9,11,14-15,17-21,25H,3-7,10,12-13,16H2,1-2H3. The third kappa shape index (κ3) is 5.56. The molecule has 0 atom stereocenters. The highest BCUT2D eigenvalue weighted by Gasteiger charge is 2.25. The van der Waals surface area contributed by atoms with E-state index in [1.807, 2.05) is 36.4 Å². The Hall–Kier alpha value is -2.55. The van der Waals surface area contributed by atoms with Crippen molar-refractivity contribution in [1.29, 1.82) is 0 Å². The lowest BCUT2D eigenvalue weighted by Gasteiger charge is -2.28. The van der Waals surface area contributed by atoms with Gasteiger partial charge in [-0.25, -0.2) is 13.2 Å². The third-order valence-corrected chi connectivity index (χ3v) is 7.58. The van der Waals surface area contributed by atoms with Crippen molar-refractivity contribution in [3.63, 3.8) is 0 Å². The molecule has 0 aromatic heterocycles. The average Bonchev–Trinajstić information content (AvgIpc) is 2.86. The zero-order valence-corrected chi connectivity index (χ0v) is 20.3. The normalized spacial score (nSPS) is 18.3. The molecule has 1 saturated carbocycles. The van der Waals surface area contributed by atoms with Crippen LogP contribution in [0.2, 0.25) is 0 Å². The highest BCUT2D eigenvalue weighted by atomic mass is 19.2. The molecule has 3 aromatic carbocycles. The molecule has 0 radical (unpaired) electrons. The molecule has 0 aliphatic heterocycles. The minimum Gasteiger partial charge on any atom is -0.206 e. The summed E-state index contributed by atoms with van der Waals surface area (Å²) in [4.78, 5) is 0. The largest absolute Gasteiger partial charge is 0.206 e. The fourth-order valence-corrected chi connectivity index (χ4v) is 5.36. The van der Waals surface area contributed by atoms with Gasteiger partial charge in [-0.15, -0.1) is 0 Å². The van der Waals surface area contributed by atoms with E-state index in [4.69, 9.17) is 0 Å². The molecule has 0 saturated heterocycles. The maximum atomic E-state index is 14.9. The predicted octanol–water partition coefficient (Wildman–Crippen LogP) is 9.19. The smallest absolute Gasteiger partial charge is 0.162 e. The highest BCUT2D eigenvalue weighted by Crippen LogP contribution is 2.38. The molecule has 1 fully saturated rings. The lowest BCUT2D eigenvalue weighted by Crippen LogP contribution is -2.14. The lowest BCUT2D eigenvalue weighted by atomic mass is 9.77.